The minimum atomic E-state index is -1.46. The molecule has 5 heteroatoms. The Balaban J connectivity index is 3.90. The number of carbonyl (C=O) groups excluding carboxylic acids is 1. The first kappa shape index (κ1) is 15.3. The molecular formula is C11H24N2O3. The van der Waals surface area contributed by atoms with E-state index in [1.165, 1.54) is 14.0 Å². The SMILES string of the molecule is COC(=O)C(C)(O)CNC(C)CCN(C)C. The van der Waals surface area contributed by atoms with Crippen LogP contribution in [0.4, 0.5) is 0 Å². The smallest absolute Gasteiger partial charge is 0.338 e. The second-order valence-electron chi connectivity index (χ2n) is 4.64. The second-order valence-corrected chi connectivity index (χ2v) is 4.64. The van der Waals surface area contributed by atoms with Gasteiger partial charge in [0.15, 0.2) is 5.60 Å². The van der Waals surface area contributed by atoms with Crippen molar-refractivity contribution in [3.05, 3.63) is 0 Å². The normalized spacial score (nSPS) is 16.9. The third kappa shape index (κ3) is 6.05. The summed E-state index contributed by atoms with van der Waals surface area (Å²) in [6, 6.07) is 0.249. The van der Waals surface area contributed by atoms with Gasteiger partial charge in [0.1, 0.15) is 0 Å². The molecule has 0 spiro atoms. The minimum Gasteiger partial charge on any atom is -0.467 e. The Morgan fingerprint density at radius 3 is 2.56 bits per heavy atom. The number of carbonyl (C=O) groups is 1. The van der Waals surface area contributed by atoms with Gasteiger partial charge in [0.2, 0.25) is 0 Å². The van der Waals surface area contributed by atoms with Crippen molar-refractivity contribution in [3.8, 4) is 0 Å². The molecule has 0 bridgehead atoms. The van der Waals surface area contributed by atoms with E-state index in [9.17, 15) is 9.90 Å². The molecule has 16 heavy (non-hydrogen) atoms. The van der Waals surface area contributed by atoms with Gasteiger partial charge in [0, 0.05) is 12.6 Å². The molecular weight excluding hydrogens is 208 g/mol. The first-order valence-electron chi connectivity index (χ1n) is 5.48. The molecule has 2 N–H and O–H groups in total. The van der Waals surface area contributed by atoms with Crippen LogP contribution in [0.2, 0.25) is 0 Å². The average molecular weight is 232 g/mol. The van der Waals surface area contributed by atoms with Gasteiger partial charge in [-0.15, -0.1) is 0 Å². The maximum atomic E-state index is 11.2. The molecule has 96 valence electrons. The minimum absolute atomic E-state index is 0.203. The van der Waals surface area contributed by atoms with Crippen molar-refractivity contribution in [3.63, 3.8) is 0 Å². The van der Waals surface area contributed by atoms with Crippen molar-refractivity contribution in [1.29, 1.82) is 0 Å². The quantitative estimate of drug-likeness (QED) is 0.597. The number of aliphatic hydroxyl groups is 1. The highest BCUT2D eigenvalue weighted by Gasteiger charge is 2.31. The molecule has 0 heterocycles. The molecule has 5 nitrogen and oxygen atoms in total. The highest BCUT2D eigenvalue weighted by atomic mass is 16.5. The van der Waals surface area contributed by atoms with Crippen molar-refractivity contribution >= 4 is 5.97 Å². The molecule has 0 fully saturated rings. The number of esters is 1. The van der Waals surface area contributed by atoms with Crippen molar-refractivity contribution in [1.82, 2.24) is 10.2 Å². The molecule has 0 aliphatic carbocycles. The van der Waals surface area contributed by atoms with Crippen LogP contribution in [0.3, 0.4) is 0 Å². The summed E-state index contributed by atoms with van der Waals surface area (Å²) < 4.78 is 4.51. The van der Waals surface area contributed by atoms with Crippen LogP contribution in [0.1, 0.15) is 20.3 Å². The molecule has 0 aliphatic heterocycles. The Hall–Kier alpha value is -0.650. The number of methoxy groups -OCH3 is 1. The van der Waals surface area contributed by atoms with Crippen LogP contribution in [-0.4, -0.2) is 61.9 Å². The predicted molar refractivity (Wildman–Crippen MR) is 63.3 cm³/mol. The van der Waals surface area contributed by atoms with E-state index in [2.05, 4.69) is 15.0 Å². The molecule has 0 aromatic rings. The molecule has 0 radical (unpaired) electrons. The van der Waals surface area contributed by atoms with E-state index in [0.29, 0.717) is 0 Å². The lowest BCUT2D eigenvalue weighted by Gasteiger charge is -2.24. The Morgan fingerprint density at radius 2 is 2.12 bits per heavy atom. The van der Waals surface area contributed by atoms with E-state index in [4.69, 9.17) is 0 Å². The zero-order valence-electron chi connectivity index (χ0n) is 10.9. The second kappa shape index (κ2) is 6.83. The van der Waals surface area contributed by atoms with Gasteiger partial charge in [0.25, 0.3) is 0 Å². The Labute approximate surface area is 97.8 Å². The van der Waals surface area contributed by atoms with Gasteiger partial charge in [-0.3, -0.25) is 0 Å². The Bertz CT molecular complexity index is 217. The summed E-state index contributed by atoms with van der Waals surface area (Å²) in [7, 11) is 5.29. The zero-order chi connectivity index (χ0) is 12.8. The number of rotatable bonds is 7. The number of hydrogen-bond acceptors (Lipinski definition) is 5. The first-order chi connectivity index (χ1) is 7.29. The highest BCUT2D eigenvalue weighted by Crippen LogP contribution is 2.05. The third-order valence-corrected chi connectivity index (χ3v) is 2.43. The monoisotopic (exact) mass is 232 g/mol. The van der Waals surface area contributed by atoms with Gasteiger partial charge in [-0.2, -0.15) is 0 Å². The lowest BCUT2D eigenvalue weighted by atomic mass is 10.1. The topological polar surface area (TPSA) is 61.8 Å². The largest absolute Gasteiger partial charge is 0.467 e. The summed E-state index contributed by atoms with van der Waals surface area (Å²) in [5.41, 5.74) is -1.46. The van der Waals surface area contributed by atoms with Crippen LogP contribution in [0.15, 0.2) is 0 Å². The van der Waals surface area contributed by atoms with Gasteiger partial charge in [-0.05, 0) is 40.9 Å². The van der Waals surface area contributed by atoms with Crippen molar-refractivity contribution < 1.29 is 14.6 Å². The van der Waals surface area contributed by atoms with Crippen molar-refractivity contribution in [2.24, 2.45) is 0 Å². The first-order valence-corrected chi connectivity index (χ1v) is 5.48. The van der Waals surface area contributed by atoms with E-state index < -0.39 is 11.6 Å². The standard InChI is InChI=1S/C11H24N2O3/c1-9(6-7-13(3)4)12-8-11(2,15)10(14)16-5/h9,12,15H,6-8H2,1-5H3. The van der Waals surface area contributed by atoms with Crippen LogP contribution in [0.25, 0.3) is 0 Å². The van der Waals surface area contributed by atoms with Gasteiger partial charge in [0.05, 0.1) is 7.11 Å². The lowest BCUT2D eigenvalue weighted by Crippen LogP contribution is -2.48. The molecule has 0 saturated heterocycles. The van der Waals surface area contributed by atoms with Crippen LogP contribution < -0.4 is 5.32 Å². The maximum absolute atomic E-state index is 11.2. The van der Waals surface area contributed by atoms with Gasteiger partial charge in [-0.25, -0.2) is 4.79 Å². The van der Waals surface area contributed by atoms with Crippen LogP contribution in [-0.2, 0) is 9.53 Å². The fraction of sp³-hybridized carbons (Fsp3) is 0.909. The zero-order valence-corrected chi connectivity index (χ0v) is 10.9. The molecule has 0 aliphatic rings. The van der Waals surface area contributed by atoms with E-state index in [-0.39, 0.29) is 12.6 Å². The third-order valence-electron chi connectivity index (χ3n) is 2.43. The molecule has 0 rings (SSSR count). The fourth-order valence-electron chi connectivity index (χ4n) is 1.22. The molecule has 2 unspecified atom stereocenters. The summed E-state index contributed by atoms with van der Waals surface area (Å²) in [5.74, 6) is -0.611. The maximum Gasteiger partial charge on any atom is 0.338 e. The molecule has 0 amide bonds. The van der Waals surface area contributed by atoms with E-state index in [0.717, 1.165) is 13.0 Å². The fourth-order valence-corrected chi connectivity index (χ4v) is 1.22. The Kier molecular flexibility index (Phi) is 6.55. The van der Waals surface area contributed by atoms with Crippen LogP contribution in [0, 0.1) is 0 Å². The number of ether oxygens (including phenoxy) is 1. The molecule has 0 aromatic heterocycles. The molecule has 0 saturated carbocycles. The van der Waals surface area contributed by atoms with Gasteiger partial charge >= 0.3 is 5.97 Å². The summed E-state index contributed by atoms with van der Waals surface area (Å²) >= 11 is 0. The van der Waals surface area contributed by atoms with Gasteiger partial charge in [-0.1, -0.05) is 0 Å². The van der Waals surface area contributed by atoms with Crippen LogP contribution in [0.5, 0.6) is 0 Å². The predicted octanol–water partition coefficient (Wildman–Crippen LogP) is -0.160. The van der Waals surface area contributed by atoms with E-state index in [1.54, 1.807) is 0 Å². The number of nitrogens with one attached hydrogen (secondary N) is 1. The molecule has 2 atom stereocenters. The summed E-state index contributed by atoms with van der Waals surface area (Å²) in [5, 5.41) is 12.9. The van der Waals surface area contributed by atoms with E-state index in [1.807, 2.05) is 21.0 Å². The summed E-state index contributed by atoms with van der Waals surface area (Å²) in [4.78, 5) is 13.3. The highest BCUT2D eigenvalue weighted by molar-refractivity contribution is 5.78. The average Bonchev–Trinajstić information content (AvgIpc) is 2.22. The summed E-state index contributed by atoms with van der Waals surface area (Å²) in [6.45, 7) is 4.64. The van der Waals surface area contributed by atoms with Crippen LogP contribution >= 0.6 is 0 Å². The van der Waals surface area contributed by atoms with Crippen molar-refractivity contribution in [2.75, 3.05) is 34.3 Å². The van der Waals surface area contributed by atoms with Crippen molar-refractivity contribution in [2.45, 2.75) is 31.9 Å². The van der Waals surface area contributed by atoms with E-state index >= 15 is 0 Å². The molecule has 0 aromatic carbocycles. The number of hydrogen-bond donors (Lipinski definition) is 2. The lowest BCUT2D eigenvalue weighted by molar-refractivity contribution is -0.160. The Morgan fingerprint density at radius 1 is 1.56 bits per heavy atom. The van der Waals surface area contributed by atoms with Gasteiger partial charge < -0.3 is 20.1 Å². The number of nitrogens with zero attached hydrogens (tertiary/aromatic N) is 1. The summed E-state index contributed by atoms with van der Waals surface area (Å²) in [6.07, 6.45) is 0.963.